The highest BCUT2D eigenvalue weighted by Crippen LogP contribution is 2.18. The zero-order valence-electron chi connectivity index (χ0n) is 10.8. The van der Waals surface area contributed by atoms with E-state index in [9.17, 15) is 0 Å². The Balaban J connectivity index is 2.61. The predicted molar refractivity (Wildman–Crippen MR) is 76.6 cm³/mol. The number of nitrogens with one attached hydrogen (secondary N) is 1. The van der Waals surface area contributed by atoms with Crippen molar-refractivity contribution >= 4 is 17.4 Å². The number of rotatable bonds is 6. The number of anilines is 1. The van der Waals surface area contributed by atoms with Crippen LogP contribution in [-0.4, -0.2) is 17.5 Å². The summed E-state index contributed by atoms with van der Waals surface area (Å²) >= 11 is 1.96. The molecular weight excluding hydrogens is 228 g/mol. The van der Waals surface area contributed by atoms with Gasteiger partial charge in [0, 0.05) is 6.04 Å². The smallest absolute Gasteiger partial charge is 0.101 e. The van der Waals surface area contributed by atoms with Gasteiger partial charge in [-0.25, -0.2) is 0 Å². The highest BCUT2D eigenvalue weighted by Gasteiger charge is 2.06. The number of nitrogens with zero attached hydrogens (tertiary/aromatic N) is 1. The maximum absolute atomic E-state index is 9.04. The van der Waals surface area contributed by atoms with E-state index < -0.39 is 0 Å². The first-order valence-electron chi connectivity index (χ1n) is 6.02. The molecule has 0 amide bonds. The Labute approximate surface area is 108 Å². The van der Waals surface area contributed by atoms with Gasteiger partial charge in [0.1, 0.15) is 6.07 Å². The van der Waals surface area contributed by atoms with Gasteiger partial charge >= 0.3 is 0 Å². The minimum absolute atomic E-state index is 0.406. The molecule has 0 spiro atoms. The van der Waals surface area contributed by atoms with Crippen molar-refractivity contribution in [3.8, 4) is 6.07 Å². The van der Waals surface area contributed by atoms with Crippen LogP contribution in [0.4, 0.5) is 5.69 Å². The van der Waals surface area contributed by atoms with Crippen LogP contribution >= 0.6 is 11.8 Å². The molecule has 0 saturated heterocycles. The van der Waals surface area contributed by atoms with Crippen LogP contribution in [0.5, 0.6) is 0 Å². The number of aryl methyl sites for hydroxylation is 1. The summed E-state index contributed by atoms with van der Waals surface area (Å²) in [6, 6.07) is 8.53. The molecule has 1 unspecified atom stereocenters. The number of hydrogen-bond acceptors (Lipinski definition) is 3. The molecular formula is C14H20N2S. The van der Waals surface area contributed by atoms with E-state index in [0.29, 0.717) is 6.04 Å². The molecule has 0 aliphatic heterocycles. The fraction of sp³-hybridized carbons (Fsp3) is 0.500. The normalized spacial score (nSPS) is 11.9. The lowest BCUT2D eigenvalue weighted by atomic mass is 10.1. The lowest BCUT2D eigenvalue weighted by Gasteiger charge is -2.16. The maximum atomic E-state index is 9.04. The van der Waals surface area contributed by atoms with E-state index in [-0.39, 0.29) is 0 Å². The Morgan fingerprint density at radius 3 is 2.88 bits per heavy atom. The standard InChI is InChI=1S/C14H20N2S/c1-4-17-8-7-12(3)16-14-9-11(2)5-6-13(14)10-15/h5-6,9,12,16H,4,7-8H2,1-3H3. The third kappa shape index (κ3) is 4.70. The Morgan fingerprint density at radius 2 is 2.24 bits per heavy atom. The van der Waals surface area contributed by atoms with Gasteiger partial charge in [0.15, 0.2) is 0 Å². The maximum Gasteiger partial charge on any atom is 0.101 e. The summed E-state index contributed by atoms with van der Waals surface area (Å²) in [7, 11) is 0. The largest absolute Gasteiger partial charge is 0.381 e. The highest BCUT2D eigenvalue weighted by molar-refractivity contribution is 7.99. The van der Waals surface area contributed by atoms with Crippen molar-refractivity contribution in [3.05, 3.63) is 29.3 Å². The van der Waals surface area contributed by atoms with Crippen molar-refractivity contribution in [2.75, 3.05) is 16.8 Å². The molecule has 0 radical (unpaired) electrons. The van der Waals surface area contributed by atoms with E-state index in [1.807, 2.05) is 36.9 Å². The van der Waals surface area contributed by atoms with E-state index in [1.54, 1.807) is 0 Å². The molecule has 1 aromatic carbocycles. The van der Waals surface area contributed by atoms with Crippen LogP contribution in [0.15, 0.2) is 18.2 Å². The highest BCUT2D eigenvalue weighted by atomic mass is 32.2. The topological polar surface area (TPSA) is 35.8 Å². The minimum Gasteiger partial charge on any atom is -0.381 e. The summed E-state index contributed by atoms with van der Waals surface area (Å²) in [5.41, 5.74) is 2.87. The molecule has 0 saturated carbocycles. The van der Waals surface area contributed by atoms with Gasteiger partial charge in [0.25, 0.3) is 0 Å². The van der Waals surface area contributed by atoms with Gasteiger partial charge in [0.05, 0.1) is 11.3 Å². The van der Waals surface area contributed by atoms with E-state index in [4.69, 9.17) is 5.26 Å². The molecule has 0 fully saturated rings. The van der Waals surface area contributed by atoms with Crippen LogP contribution in [0, 0.1) is 18.3 Å². The van der Waals surface area contributed by atoms with Crippen molar-refractivity contribution in [3.63, 3.8) is 0 Å². The predicted octanol–water partition coefficient (Wildman–Crippen LogP) is 3.81. The molecule has 17 heavy (non-hydrogen) atoms. The molecule has 2 nitrogen and oxygen atoms in total. The second kappa shape index (κ2) is 7.24. The molecule has 0 bridgehead atoms. The third-order valence-corrected chi connectivity index (χ3v) is 3.53. The Hall–Kier alpha value is -1.14. The van der Waals surface area contributed by atoms with Crippen molar-refractivity contribution < 1.29 is 0 Å². The summed E-state index contributed by atoms with van der Waals surface area (Å²) in [5.74, 6) is 2.33. The molecule has 0 aromatic heterocycles. The average molecular weight is 248 g/mol. The molecule has 0 aliphatic carbocycles. The van der Waals surface area contributed by atoms with Crippen molar-refractivity contribution in [1.29, 1.82) is 5.26 Å². The molecule has 1 aromatic rings. The molecule has 0 aliphatic rings. The number of thioether (sulfide) groups is 1. The van der Waals surface area contributed by atoms with Gasteiger partial charge in [-0.1, -0.05) is 13.0 Å². The second-order valence-corrected chi connectivity index (χ2v) is 5.59. The number of hydrogen-bond donors (Lipinski definition) is 1. The van der Waals surface area contributed by atoms with Crippen LogP contribution in [0.2, 0.25) is 0 Å². The SMILES string of the molecule is CCSCCC(C)Nc1cc(C)ccc1C#N. The van der Waals surface area contributed by atoms with E-state index in [0.717, 1.165) is 17.7 Å². The summed E-state index contributed by atoms with van der Waals surface area (Å²) in [6.07, 6.45) is 1.12. The van der Waals surface area contributed by atoms with Crippen LogP contribution in [0.3, 0.4) is 0 Å². The fourth-order valence-electron chi connectivity index (χ4n) is 1.62. The number of nitriles is 1. The molecule has 1 rings (SSSR count). The first-order chi connectivity index (χ1) is 8.17. The minimum atomic E-state index is 0.406. The van der Waals surface area contributed by atoms with Gasteiger partial charge in [0.2, 0.25) is 0 Å². The van der Waals surface area contributed by atoms with E-state index in [2.05, 4.69) is 25.2 Å². The van der Waals surface area contributed by atoms with Crippen LogP contribution in [0.1, 0.15) is 31.4 Å². The number of benzene rings is 1. The molecule has 92 valence electrons. The fourth-order valence-corrected chi connectivity index (χ4v) is 2.43. The van der Waals surface area contributed by atoms with E-state index >= 15 is 0 Å². The quantitative estimate of drug-likeness (QED) is 0.778. The Bertz CT molecular complexity index is 396. The zero-order valence-corrected chi connectivity index (χ0v) is 11.6. The third-order valence-electron chi connectivity index (χ3n) is 2.60. The molecule has 0 heterocycles. The first-order valence-corrected chi connectivity index (χ1v) is 7.18. The summed E-state index contributed by atoms with van der Waals surface area (Å²) < 4.78 is 0. The summed E-state index contributed by atoms with van der Waals surface area (Å²) in [6.45, 7) is 6.39. The lowest BCUT2D eigenvalue weighted by Crippen LogP contribution is -2.16. The first kappa shape index (κ1) is 13.9. The van der Waals surface area contributed by atoms with Crippen LogP contribution in [-0.2, 0) is 0 Å². The van der Waals surface area contributed by atoms with E-state index in [1.165, 1.54) is 17.1 Å². The van der Waals surface area contributed by atoms with Crippen LogP contribution in [0.25, 0.3) is 0 Å². The summed E-state index contributed by atoms with van der Waals surface area (Å²) in [4.78, 5) is 0. The van der Waals surface area contributed by atoms with Crippen LogP contribution < -0.4 is 5.32 Å². The monoisotopic (exact) mass is 248 g/mol. The second-order valence-electron chi connectivity index (χ2n) is 4.19. The molecule has 1 atom stereocenters. The van der Waals surface area contributed by atoms with Gasteiger partial charge in [-0.2, -0.15) is 17.0 Å². The van der Waals surface area contributed by atoms with Gasteiger partial charge in [-0.05, 0) is 49.5 Å². The molecule has 3 heteroatoms. The summed E-state index contributed by atoms with van der Waals surface area (Å²) in [5, 5.41) is 12.5. The average Bonchev–Trinajstić information content (AvgIpc) is 2.29. The Kier molecular flexibility index (Phi) is 5.93. The van der Waals surface area contributed by atoms with Crippen molar-refractivity contribution in [2.24, 2.45) is 0 Å². The van der Waals surface area contributed by atoms with Gasteiger partial charge in [-0.15, -0.1) is 0 Å². The molecule has 1 N–H and O–H groups in total. The van der Waals surface area contributed by atoms with Crippen molar-refractivity contribution in [2.45, 2.75) is 33.2 Å². The zero-order chi connectivity index (χ0) is 12.7. The Morgan fingerprint density at radius 1 is 1.47 bits per heavy atom. The van der Waals surface area contributed by atoms with Crippen molar-refractivity contribution in [1.82, 2.24) is 0 Å². The van der Waals surface area contributed by atoms with Gasteiger partial charge in [-0.3, -0.25) is 0 Å². The van der Waals surface area contributed by atoms with Gasteiger partial charge < -0.3 is 5.32 Å². The lowest BCUT2D eigenvalue weighted by molar-refractivity contribution is 0.771.